The van der Waals surface area contributed by atoms with E-state index in [2.05, 4.69) is 5.32 Å². The van der Waals surface area contributed by atoms with Crippen LogP contribution in [0, 0.1) is 0 Å². The Labute approximate surface area is 118 Å². The predicted molar refractivity (Wildman–Crippen MR) is 78.1 cm³/mol. The van der Waals surface area contributed by atoms with Crippen LogP contribution >= 0.6 is 0 Å². The van der Waals surface area contributed by atoms with Gasteiger partial charge in [-0.05, 0) is 45.9 Å². The lowest BCUT2D eigenvalue weighted by Gasteiger charge is -2.46. The number of nitrogens with zero attached hydrogens (tertiary/aromatic N) is 1. The van der Waals surface area contributed by atoms with Crippen molar-refractivity contribution in [2.24, 2.45) is 0 Å². The van der Waals surface area contributed by atoms with E-state index < -0.39 is 5.54 Å². The van der Waals surface area contributed by atoms with Crippen LogP contribution in [0.2, 0.25) is 0 Å². The van der Waals surface area contributed by atoms with Crippen molar-refractivity contribution in [3.63, 3.8) is 0 Å². The fourth-order valence-electron chi connectivity index (χ4n) is 2.69. The highest BCUT2D eigenvalue weighted by atomic mass is 16.5. The van der Waals surface area contributed by atoms with E-state index in [-0.39, 0.29) is 17.9 Å². The highest BCUT2D eigenvalue weighted by molar-refractivity contribution is 6.07. The van der Waals surface area contributed by atoms with Gasteiger partial charge in [-0.25, -0.2) is 4.79 Å². The van der Waals surface area contributed by atoms with Gasteiger partial charge in [0.1, 0.15) is 5.54 Å². The standard InChI is InChI=1S/C15H20N2O3/c1-9(2)17-12-8-10(13(18)20-5)6-7-11(12)16-14(19)15(17,3)4/h6-9H,1-5H3,(H,16,19). The molecule has 0 fully saturated rings. The van der Waals surface area contributed by atoms with Gasteiger partial charge in [0.2, 0.25) is 5.91 Å². The maximum Gasteiger partial charge on any atom is 0.337 e. The zero-order valence-corrected chi connectivity index (χ0v) is 12.5. The molecule has 0 spiro atoms. The van der Waals surface area contributed by atoms with E-state index in [4.69, 9.17) is 4.74 Å². The third kappa shape index (κ3) is 2.13. The van der Waals surface area contributed by atoms with Crippen LogP contribution in [0.25, 0.3) is 0 Å². The van der Waals surface area contributed by atoms with E-state index in [9.17, 15) is 9.59 Å². The molecule has 5 nitrogen and oxygen atoms in total. The number of benzene rings is 1. The number of esters is 1. The molecule has 0 atom stereocenters. The van der Waals surface area contributed by atoms with Crippen LogP contribution < -0.4 is 10.2 Å². The van der Waals surface area contributed by atoms with Crippen molar-refractivity contribution in [3.8, 4) is 0 Å². The van der Waals surface area contributed by atoms with Gasteiger partial charge in [0, 0.05) is 6.04 Å². The largest absolute Gasteiger partial charge is 0.465 e. The summed E-state index contributed by atoms with van der Waals surface area (Å²) in [4.78, 5) is 25.9. The molecule has 1 amide bonds. The third-order valence-electron chi connectivity index (χ3n) is 3.60. The molecule has 2 rings (SSSR count). The van der Waals surface area contributed by atoms with E-state index in [1.807, 2.05) is 32.6 Å². The van der Waals surface area contributed by atoms with Gasteiger partial charge >= 0.3 is 5.97 Å². The zero-order valence-electron chi connectivity index (χ0n) is 12.5. The van der Waals surface area contributed by atoms with Crippen molar-refractivity contribution >= 4 is 23.3 Å². The molecule has 20 heavy (non-hydrogen) atoms. The summed E-state index contributed by atoms with van der Waals surface area (Å²) in [6.07, 6.45) is 0. The van der Waals surface area contributed by atoms with Gasteiger partial charge in [-0.1, -0.05) is 0 Å². The van der Waals surface area contributed by atoms with Gasteiger partial charge < -0.3 is 15.0 Å². The first-order valence-electron chi connectivity index (χ1n) is 6.62. The number of hydrogen-bond donors (Lipinski definition) is 1. The minimum atomic E-state index is -0.671. The van der Waals surface area contributed by atoms with Crippen molar-refractivity contribution in [2.45, 2.75) is 39.3 Å². The van der Waals surface area contributed by atoms with Gasteiger partial charge in [0.15, 0.2) is 0 Å². The Morgan fingerprint density at radius 3 is 2.55 bits per heavy atom. The van der Waals surface area contributed by atoms with E-state index in [1.165, 1.54) is 7.11 Å². The number of carbonyl (C=O) groups excluding carboxylic acids is 2. The van der Waals surface area contributed by atoms with Crippen LogP contribution in [0.4, 0.5) is 11.4 Å². The number of anilines is 2. The molecule has 5 heteroatoms. The number of amides is 1. The van der Waals surface area contributed by atoms with Crippen LogP contribution in [0.5, 0.6) is 0 Å². The van der Waals surface area contributed by atoms with Crippen LogP contribution in [0.1, 0.15) is 38.1 Å². The topological polar surface area (TPSA) is 58.6 Å². The van der Waals surface area contributed by atoms with E-state index in [0.717, 1.165) is 11.4 Å². The number of fused-ring (bicyclic) bond motifs is 1. The highest BCUT2D eigenvalue weighted by Gasteiger charge is 2.41. The molecule has 1 aliphatic heterocycles. The van der Waals surface area contributed by atoms with Gasteiger partial charge in [0.25, 0.3) is 0 Å². The Morgan fingerprint density at radius 2 is 2.00 bits per heavy atom. The number of ether oxygens (including phenoxy) is 1. The number of rotatable bonds is 2. The normalized spacial score (nSPS) is 16.7. The van der Waals surface area contributed by atoms with Crippen molar-refractivity contribution in [2.75, 3.05) is 17.3 Å². The summed E-state index contributed by atoms with van der Waals surface area (Å²) in [5.74, 6) is -0.435. The third-order valence-corrected chi connectivity index (χ3v) is 3.60. The lowest BCUT2D eigenvalue weighted by atomic mass is 9.94. The maximum absolute atomic E-state index is 12.2. The zero-order chi connectivity index (χ0) is 15.1. The van der Waals surface area contributed by atoms with Gasteiger partial charge in [-0.2, -0.15) is 0 Å². The Kier molecular flexibility index (Phi) is 3.46. The number of carbonyl (C=O) groups is 2. The van der Waals surface area contributed by atoms with Crippen LogP contribution in [-0.4, -0.2) is 30.6 Å². The average molecular weight is 276 g/mol. The summed E-state index contributed by atoms with van der Waals surface area (Å²) < 4.78 is 4.75. The lowest BCUT2D eigenvalue weighted by molar-refractivity contribution is -0.120. The molecule has 1 N–H and O–H groups in total. The Bertz CT molecular complexity index is 564. The van der Waals surface area contributed by atoms with Gasteiger partial charge in [-0.3, -0.25) is 4.79 Å². The van der Waals surface area contributed by atoms with Crippen molar-refractivity contribution in [1.82, 2.24) is 0 Å². The quantitative estimate of drug-likeness (QED) is 0.843. The summed E-state index contributed by atoms with van der Waals surface area (Å²) in [5.41, 5.74) is 1.36. The van der Waals surface area contributed by atoms with Crippen LogP contribution in [0.3, 0.4) is 0 Å². The molecule has 0 aliphatic carbocycles. The fourth-order valence-corrected chi connectivity index (χ4v) is 2.69. The summed E-state index contributed by atoms with van der Waals surface area (Å²) in [6, 6.07) is 5.29. The maximum atomic E-state index is 12.2. The van der Waals surface area contributed by atoms with Gasteiger partial charge in [0.05, 0.1) is 24.0 Å². The second kappa shape index (κ2) is 4.81. The second-order valence-electron chi connectivity index (χ2n) is 5.70. The molecule has 0 radical (unpaired) electrons. The lowest BCUT2D eigenvalue weighted by Crippen LogP contribution is -2.58. The first-order chi connectivity index (χ1) is 9.28. The fraction of sp³-hybridized carbons (Fsp3) is 0.467. The smallest absolute Gasteiger partial charge is 0.337 e. The summed E-state index contributed by atoms with van der Waals surface area (Å²) >= 11 is 0. The predicted octanol–water partition coefficient (Wildman–Crippen LogP) is 2.42. The summed E-state index contributed by atoms with van der Waals surface area (Å²) in [7, 11) is 1.35. The van der Waals surface area contributed by atoms with E-state index >= 15 is 0 Å². The van der Waals surface area contributed by atoms with E-state index in [1.54, 1.807) is 18.2 Å². The minimum Gasteiger partial charge on any atom is -0.465 e. The number of nitrogens with one attached hydrogen (secondary N) is 1. The molecular formula is C15H20N2O3. The van der Waals surface area contributed by atoms with Crippen molar-refractivity contribution in [1.29, 1.82) is 0 Å². The molecular weight excluding hydrogens is 256 g/mol. The first-order valence-corrected chi connectivity index (χ1v) is 6.62. The summed E-state index contributed by atoms with van der Waals surface area (Å²) in [5, 5.41) is 2.89. The van der Waals surface area contributed by atoms with Crippen molar-refractivity contribution < 1.29 is 14.3 Å². The number of methoxy groups -OCH3 is 1. The highest BCUT2D eigenvalue weighted by Crippen LogP contribution is 2.38. The minimum absolute atomic E-state index is 0.0514. The first kappa shape index (κ1) is 14.4. The molecule has 0 bridgehead atoms. The summed E-state index contributed by atoms with van der Waals surface area (Å²) in [6.45, 7) is 7.79. The van der Waals surface area contributed by atoms with E-state index in [0.29, 0.717) is 5.56 Å². The van der Waals surface area contributed by atoms with Gasteiger partial charge in [-0.15, -0.1) is 0 Å². The SMILES string of the molecule is COC(=O)c1ccc2c(c1)N(C(C)C)C(C)(C)C(=O)N2. The molecule has 1 heterocycles. The monoisotopic (exact) mass is 276 g/mol. The molecule has 108 valence electrons. The Balaban J connectivity index is 2.59. The molecule has 1 aromatic carbocycles. The molecule has 0 saturated heterocycles. The second-order valence-corrected chi connectivity index (χ2v) is 5.70. The Morgan fingerprint density at radius 1 is 1.35 bits per heavy atom. The molecule has 0 unspecified atom stereocenters. The van der Waals surface area contributed by atoms with Crippen LogP contribution in [0.15, 0.2) is 18.2 Å². The molecule has 0 aromatic heterocycles. The average Bonchev–Trinajstić information content (AvgIpc) is 2.37. The van der Waals surface area contributed by atoms with Crippen molar-refractivity contribution in [3.05, 3.63) is 23.8 Å². The van der Waals surface area contributed by atoms with Crippen LogP contribution in [-0.2, 0) is 9.53 Å². The molecule has 0 saturated carbocycles. The molecule has 1 aromatic rings. The Hall–Kier alpha value is -2.04. The number of hydrogen-bond acceptors (Lipinski definition) is 4. The molecule has 1 aliphatic rings.